The van der Waals surface area contributed by atoms with Gasteiger partial charge in [-0.2, -0.15) is 0 Å². The zero-order valence-electron chi connectivity index (χ0n) is 11.5. The molecule has 108 valence electrons. The van der Waals surface area contributed by atoms with Crippen molar-refractivity contribution >= 4 is 44.7 Å². The molecule has 0 radical (unpaired) electrons. The Bertz CT molecular complexity index is 539. The molecule has 1 aromatic rings. The number of benzene rings is 1. The summed E-state index contributed by atoms with van der Waals surface area (Å²) in [4.78, 5) is 13.0. The summed E-state index contributed by atoms with van der Waals surface area (Å²) in [6, 6.07) is 5.83. The molecule has 1 aliphatic carbocycles. The Kier molecular flexibility index (Phi) is 4.81. The third kappa shape index (κ3) is 3.04. The number of carbonyl (C=O) groups excluding carboxylic acids is 1. The predicted molar refractivity (Wildman–Crippen MR) is 89.8 cm³/mol. The standard InChI is InChI=1S/C15H19BrN2OS/c1-10-5-6-11(16)9-12(10)18-14(19)15(13(17)20)7-3-2-4-8-15/h5-6,9H,2-4,7-8H2,1H3,(H2,17,20)(H,18,19). The van der Waals surface area contributed by atoms with Gasteiger partial charge in [-0.15, -0.1) is 0 Å². The number of thiocarbonyl (C=S) groups is 1. The van der Waals surface area contributed by atoms with E-state index in [1.807, 2.05) is 25.1 Å². The molecular weight excluding hydrogens is 336 g/mol. The molecule has 0 aromatic heterocycles. The zero-order chi connectivity index (χ0) is 14.8. The van der Waals surface area contributed by atoms with E-state index in [4.69, 9.17) is 18.0 Å². The predicted octanol–water partition coefficient (Wildman–Crippen LogP) is 3.93. The first-order chi connectivity index (χ1) is 9.45. The maximum absolute atomic E-state index is 12.7. The Morgan fingerprint density at radius 2 is 2.00 bits per heavy atom. The van der Waals surface area contributed by atoms with Crippen LogP contribution in [0, 0.1) is 12.3 Å². The molecule has 1 amide bonds. The van der Waals surface area contributed by atoms with Crippen LogP contribution in [0.4, 0.5) is 5.69 Å². The lowest BCUT2D eigenvalue weighted by Gasteiger charge is -2.34. The lowest BCUT2D eigenvalue weighted by atomic mass is 9.73. The van der Waals surface area contributed by atoms with Crippen molar-refractivity contribution < 1.29 is 4.79 Å². The highest BCUT2D eigenvalue weighted by atomic mass is 79.9. The number of amides is 1. The summed E-state index contributed by atoms with van der Waals surface area (Å²) in [5.74, 6) is -0.0640. The summed E-state index contributed by atoms with van der Waals surface area (Å²) in [6.45, 7) is 1.97. The normalized spacial score (nSPS) is 17.5. The summed E-state index contributed by atoms with van der Waals surface area (Å²) < 4.78 is 0.936. The van der Waals surface area contributed by atoms with Gasteiger partial charge in [-0.3, -0.25) is 4.79 Å². The number of hydrogen-bond acceptors (Lipinski definition) is 2. The summed E-state index contributed by atoms with van der Waals surface area (Å²) >= 11 is 8.61. The van der Waals surface area contributed by atoms with Crippen LogP contribution in [-0.4, -0.2) is 10.9 Å². The second-order valence-corrected chi connectivity index (χ2v) is 6.78. The van der Waals surface area contributed by atoms with Gasteiger partial charge >= 0.3 is 0 Å². The Labute approximate surface area is 133 Å². The number of hydrogen-bond donors (Lipinski definition) is 2. The fraction of sp³-hybridized carbons (Fsp3) is 0.467. The van der Waals surface area contributed by atoms with Gasteiger partial charge < -0.3 is 11.1 Å². The summed E-state index contributed by atoms with van der Waals surface area (Å²) in [7, 11) is 0. The van der Waals surface area contributed by atoms with Crippen molar-refractivity contribution in [1.82, 2.24) is 0 Å². The molecule has 0 heterocycles. The van der Waals surface area contributed by atoms with Crippen LogP contribution in [0.25, 0.3) is 0 Å². The van der Waals surface area contributed by atoms with Gasteiger partial charge in [-0.05, 0) is 37.5 Å². The summed E-state index contributed by atoms with van der Waals surface area (Å²) in [6.07, 6.45) is 4.65. The molecule has 1 saturated carbocycles. The molecule has 1 aromatic carbocycles. The molecule has 0 spiro atoms. The topological polar surface area (TPSA) is 55.1 Å². The van der Waals surface area contributed by atoms with E-state index in [0.717, 1.165) is 47.8 Å². The molecule has 5 heteroatoms. The summed E-state index contributed by atoms with van der Waals surface area (Å²) in [5.41, 5.74) is 7.04. The fourth-order valence-electron chi connectivity index (χ4n) is 2.71. The van der Waals surface area contributed by atoms with Crippen LogP contribution in [0.3, 0.4) is 0 Å². The van der Waals surface area contributed by atoms with E-state index in [0.29, 0.717) is 4.99 Å². The lowest BCUT2D eigenvalue weighted by Crippen LogP contribution is -2.47. The van der Waals surface area contributed by atoms with E-state index in [2.05, 4.69) is 21.2 Å². The van der Waals surface area contributed by atoms with E-state index >= 15 is 0 Å². The quantitative estimate of drug-likeness (QED) is 0.808. The third-order valence-corrected chi connectivity index (χ3v) is 4.95. The minimum Gasteiger partial charge on any atom is -0.392 e. The van der Waals surface area contributed by atoms with E-state index in [1.165, 1.54) is 0 Å². The van der Waals surface area contributed by atoms with Crippen molar-refractivity contribution in [2.24, 2.45) is 11.1 Å². The molecule has 0 bridgehead atoms. The maximum atomic E-state index is 12.7. The number of anilines is 1. The molecule has 3 N–H and O–H groups in total. The highest BCUT2D eigenvalue weighted by Gasteiger charge is 2.42. The van der Waals surface area contributed by atoms with E-state index in [-0.39, 0.29) is 5.91 Å². The SMILES string of the molecule is Cc1ccc(Br)cc1NC(=O)C1(C(N)=S)CCCCC1. The van der Waals surface area contributed by atoms with Crippen molar-refractivity contribution in [2.45, 2.75) is 39.0 Å². The minimum absolute atomic E-state index is 0.0640. The number of nitrogens with two attached hydrogens (primary N) is 1. The highest BCUT2D eigenvalue weighted by molar-refractivity contribution is 9.10. The Hall–Kier alpha value is -0.940. The van der Waals surface area contributed by atoms with Gasteiger partial charge in [0.05, 0.1) is 10.4 Å². The van der Waals surface area contributed by atoms with Gasteiger partial charge in [-0.1, -0.05) is 53.5 Å². The van der Waals surface area contributed by atoms with Crippen LogP contribution in [-0.2, 0) is 4.79 Å². The molecule has 3 nitrogen and oxygen atoms in total. The molecule has 0 aliphatic heterocycles. The minimum atomic E-state index is -0.678. The molecule has 2 rings (SSSR count). The lowest BCUT2D eigenvalue weighted by molar-refractivity contribution is -0.123. The van der Waals surface area contributed by atoms with Gasteiger partial charge in [0, 0.05) is 10.2 Å². The van der Waals surface area contributed by atoms with Gasteiger partial charge in [0.2, 0.25) is 5.91 Å². The molecule has 1 fully saturated rings. The second-order valence-electron chi connectivity index (χ2n) is 5.42. The number of nitrogens with one attached hydrogen (secondary N) is 1. The maximum Gasteiger partial charge on any atom is 0.237 e. The molecule has 20 heavy (non-hydrogen) atoms. The molecule has 0 saturated heterocycles. The van der Waals surface area contributed by atoms with Crippen molar-refractivity contribution in [3.05, 3.63) is 28.2 Å². The first kappa shape index (κ1) is 15.4. The summed E-state index contributed by atoms with van der Waals surface area (Å²) in [5, 5.41) is 3.01. The van der Waals surface area contributed by atoms with E-state index < -0.39 is 5.41 Å². The second kappa shape index (κ2) is 6.22. The molecule has 1 aliphatic rings. The van der Waals surface area contributed by atoms with Gasteiger partial charge in [0.15, 0.2) is 0 Å². The average Bonchev–Trinajstić information content (AvgIpc) is 2.43. The average molecular weight is 355 g/mol. The molecular formula is C15H19BrN2OS. The monoisotopic (exact) mass is 354 g/mol. The Balaban J connectivity index is 2.25. The number of halogens is 1. The first-order valence-corrected chi connectivity index (χ1v) is 8.03. The highest BCUT2D eigenvalue weighted by Crippen LogP contribution is 2.38. The fourth-order valence-corrected chi connectivity index (χ4v) is 3.37. The smallest absolute Gasteiger partial charge is 0.237 e. The van der Waals surface area contributed by atoms with Crippen LogP contribution < -0.4 is 11.1 Å². The van der Waals surface area contributed by atoms with Crippen LogP contribution in [0.15, 0.2) is 22.7 Å². The molecule has 0 unspecified atom stereocenters. The van der Waals surface area contributed by atoms with Crippen molar-refractivity contribution in [1.29, 1.82) is 0 Å². The zero-order valence-corrected chi connectivity index (χ0v) is 13.9. The van der Waals surface area contributed by atoms with Gasteiger partial charge in [0.25, 0.3) is 0 Å². The Morgan fingerprint density at radius 1 is 1.35 bits per heavy atom. The van der Waals surface area contributed by atoms with Crippen molar-refractivity contribution in [3.63, 3.8) is 0 Å². The van der Waals surface area contributed by atoms with Crippen LogP contribution >= 0.6 is 28.1 Å². The largest absolute Gasteiger partial charge is 0.392 e. The van der Waals surface area contributed by atoms with Gasteiger partial charge in [-0.25, -0.2) is 0 Å². The molecule has 0 atom stereocenters. The van der Waals surface area contributed by atoms with Gasteiger partial charge in [0.1, 0.15) is 0 Å². The Morgan fingerprint density at radius 3 is 2.60 bits per heavy atom. The first-order valence-electron chi connectivity index (χ1n) is 6.83. The number of aryl methyl sites for hydroxylation is 1. The van der Waals surface area contributed by atoms with E-state index in [9.17, 15) is 4.79 Å². The van der Waals surface area contributed by atoms with Crippen LogP contribution in [0.5, 0.6) is 0 Å². The third-order valence-electron chi connectivity index (χ3n) is 4.06. The number of carbonyl (C=O) groups is 1. The van der Waals surface area contributed by atoms with Crippen molar-refractivity contribution in [3.8, 4) is 0 Å². The van der Waals surface area contributed by atoms with Crippen LogP contribution in [0.2, 0.25) is 0 Å². The van der Waals surface area contributed by atoms with Crippen LogP contribution in [0.1, 0.15) is 37.7 Å². The van der Waals surface area contributed by atoms with Crippen molar-refractivity contribution in [2.75, 3.05) is 5.32 Å². The number of rotatable bonds is 3. The van der Waals surface area contributed by atoms with E-state index in [1.54, 1.807) is 0 Å².